The van der Waals surface area contributed by atoms with Crippen LogP contribution in [0.3, 0.4) is 0 Å². The minimum atomic E-state index is -3.72. The van der Waals surface area contributed by atoms with Crippen molar-refractivity contribution in [2.75, 3.05) is 0 Å². The summed E-state index contributed by atoms with van der Waals surface area (Å²) < 4.78 is 32.0. The number of benzene rings is 3. The number of thiazole rings is 1. The topological polar surface area (TPSA) is 51.4 Å². The highest BCUT2D eigenvalue weighted by Crippen LogP contribution is 2.27. The van der Waals surface area contributed by atoms with Gasteiger partial charge in [-0.15, -0.1) is 4.40 Å². The molecule has 0 N–H and O–H groups in total. The van der Waals surface area contributed by atoms with Gasteiger partial charge in [0.25, 0.3) is 10.0 Å². The summed E-state index contributed by atoms with van der Waals surface area (Å²) in [5, 5.41) is 2.23. The molecular formula is C18H14N2O2S2. The molecule has 0 spiro atoms. The lowest BCUT2D eigenvalue weighted by Gasteiger charge is -2.00. The Morgan fingerprint density at radius 3 is 2.42 bits per heavy atom. The zero-order chi connectivity index (χ0) is 16.7. The van der Waals surface area contributed by atoms with Crippen LogP contribution in [0.4, 0.5) is 0 Å². The highest BCUT2D eigenvalue weighted by molar-refractivity contribution is 7.90. The van der Waals surface area contributed by atoms with Crippen molar-refractivity contribution < 1.29 is 8.42 Å². The largest absolute Gasteiger partial charge is 0.319 e. The zero-order valence-electron chi connectivity index (χ0n) is 12.9. The van der Waals surface area contributed by atoms with Crippen molar-refractivity contribution in [1.29, 1.82) is 0 Å². The van der Waals surface area contributed by atoms with E-state index in [9.17, 15) is 8.42 Å². The quantitative estimate of drug-likeness (QED) is 0.551. The monoisotopic (exact) mass is 354 g/mol. The van der Waals surface area contributed by atoms with E-state index in [0.717, 1.165) is 21.0 Å². The first-order valence-corrected chi connectivity index (χ1v) is 9.65. The molecule has 6 heteroatoms. The molecule has 0 fully saturated rings. The maximum atomic E-state index is 12.5. The normalized spacial score (nSPS) is 13.0. The zero-order valence-corrected chi connectivity index (χ0v) is 14.5. The first-order valence-electron chi connectivity index (χ1n) is 7.40. The number of aromatic nitrogens is 1. The smallest absolute Gasteiger partial charge is 0.285 e. The second-order valence-electron chi connectivity index (χ2n) is 5.46. The van der Waals surface area contributed by atoms with Crippen LogP contribution in [-0.4, -0.2) is 13.0 Å². The molecule has 0 saturated heterocycles. The van der Waals surface area contributed by atoms with Crippen LogP contribution in [0.2, 0.25) is 0 Å². The summed E-state index contributed by atoms with van der Waals surface area (Å²) in [4.78, 5) is 0.664. The van der Waals surface area contributed by atoms with Gasteiger partial charge in [0.05, 0.1) is 15.1 Å². The summed E-state index contributed by atoms with van der Waals surface area (Å²) in [6, 6.07) is 20.4. The van der Waals surface area contributed by atoms with Crippen LogP contribution in [0, 0.1) is 0 Å². The standard InChI is InChI=1S/C18H14N2O2S2/c1-20-16-12-11-13-7-5-6-10-15(13)17(16)23-18(20)19-24(21,22)14-8-3-2-4-9-14/h2-12H,1H3/b19-18+. The van der Waals surface area contributed by atoms with Crippen LogP contribution in [0.1, 0.15) is 0 Å². The summed E-state index contributed by atoms with van der Waals surface area (Å²) in [6.45, 7) is 0. The molecule has 0 saturated carbocycles. The van der Waals surface area contributed by atoms with E-state index in [1.54, 1.807) is 30.3 Å². The van der Waals surface area contributed by atoms with Gasteiger partial charge in [0, 0.05) is 12.4 Å². The lowest BCUT2D eigenvalue weighted by atomic mass is 10.1. The van der Waals surface area contributed by atoms with E-state index in [2.05, 4.69) is 4.40 Å². The summed E-state index contributed by atoms with van der Waals surface area (Å²) >= 11 is 1.39. The Bertz CT molecular complexity index is 1220. The average Bonchev–Trinajstić information content (AvgIpc) is 2.92. The number of hydrogen-bond acceptors (Lipinski definition) is 3. The van der Waals surface area contributed by atoms with Gasteiger partial charge in [0.1, 0.15) is 0 Å². The fourth-order valence-electron chi connectivity index (χ4n) is 2.69. The second-order valence-corrected chi connectivity index (χ2v) is 8.04. The number of sulfonamides is 1. The molecule has 120 valence electrons. The maximum absolute atomic E-state index is 12.5. The summed E-state index contributed by atoms with van der Waals surface area (Å²) in [5.41, 5.74) is 0.973. The Balaban J connectivity index is 2.01. The van der Waals surface area contributed by atoms with Gasteiger partial charge >= 0.3 is 0 Å². The summed E-state index contributed by atoms with van der Waals surface area (Å²) in [7, 11) is -1.88. The van der Waals surface area contributed by atoms with E-state index in [4.69, 9.17) is 0 Å². The lowest BCUT2D eigenvalue weighted by molar-refractivity contribution is 0.596. The van der Waals surface area contributed by atoms with Gasteiger partial charge < -0.3 is 4.57 Å². The van der Waals surface area contributed by atoms with Gasteiger partial charge in [-0.2, -0.15) is 8.42 Å². The van der Waals surface area contributed by atoms with Crippen LogP contribution in [0.15, 0.2) is 76.0 Å². The van der Waals surface area contributed by atoms with Crippen molar-refractivity contribution in [2.45, 2.75) is 4.90 Å². The number of hydrogen-bond donors (Lipinski definition) is 0. The van der Waals surface area contributed by atoms with E-state index >= 15 is 0 Å². The molecule has 3 aromatic carbocycles. The van der Waals surface area contributed by atoms with Crippen LogP contribution in [0.25, 0.3) is 21.0 Å². The molecule has 0 bridgehead atoms. The van der Waals surface area contributed by atoms with Crippen molar-refractivity contribution in [3.63, 3.8) is 0 Å². The van der Waals surface area contributed by atoms with Crippen molar-refractivity contribution in [3.8, 4) is 0 Å². The van der Waals surface area contributed by atoms with Gasteiger partial charge in [-0.05, 0) is 23.6 Å². The van der Waals surface area contributed by atoms with Gasteiger partial charge in [-0.1, -0.05) is 59.9 Å². The van der Waals surface area contributed by atoms with Crippen LogP contribution >= 0.6 is 11.3 Å². The molecule has 0 aliphatic heterocycles. The minimum absolute atomic E-state index is 0.201. The summed E-state index contributed by atoms with van der Waals surface area (Å²) in [6.07, 6.45) is 0. The van der Waals surface area contributed by atoms with Crippen LogP contribution < -0.4 is 4.80 Å². The molecule has 24 heavy (non-hydrogen) atoms. The number of nitrogens with zero attached hydrogens (tertiary/aromatic N) is 2. The summed E-state index contributed by atoms with van der Waals surface area (Å²) in [5.74, 6) is 0. The minimum Gasteiger partial charge on any atom is -0.319 e. The molecule has 0 amide bonds. The number of fused-ring (bicyclic) bond motifs is 3. The van der Waals surface area contributed by atoms with E-state index in [0.29, 0.717) is 4.80 Å². The Kier molecular flexibility index (Phi) is 3.51. The fraction of sp³-hybridized carbons (Fsp3) is 0.0556. The molecule has 0 radical (unpaired) electrons. The van der Waals surface area contributed by atoms with Crippen molar-refractivity contribution in [2.24, 2.45) is 11.4 Å². The van der Waals surface area contributed by atoms with Gasteiger partial charge in [0.2, 0.25) is 4.80 Å². The third-order valence-corrected chi connectivity index (χ3v) is 6.52. The maximum Gasteiger partial charge on any atom is 0.285 e. The molecule has 4 nitrogen and oxygen atoms in total. The van der Waals surface area contributed by atoms with E-state index in [-0.39, 0.29) is 4.90 Å². The number of rotatable bonds is 2. The number of aryl methyl sites for hydroxylation is 1. The molecule has 0 atom stereocenters. The fourth-order valence-corrected chi connectivity index (χ4v) is 5.09. The Labute approximate surface area is 143 Å². The third-order valence-electron chi connectivity index (χ3n) is 3.94. The highest BCUT2D eigenvalue weighted by Gasteiger charge is 2.14. The molecule has 0 aliphatic rings. The van der Waals surface area contributed by atoms with E-state index < -0.39 is 10.0 Å². The third kappa shape index (κ3) is 2.44. The van der Waals surface area contributed by atoms with Crippen molar-refractivity contribution in [3.05, 3.63) is 71.5 Å². The predicted molar refractivity (Wildman–Crippen MR) is 97.5 cm³/mol. The molecule has 4 aromatic rings. The molecular weight excluding hydrogens is 340 g/mol. The van der Waals surface area contributed by atoms with E-state index in [1.807, 2.05) is 48.0 Å². The molecule has 0 unspecified atom stereocenters. The van der Waals surface area contributed by atoms with Crippen LogP contribution in [0.5, 0.6) is 0 Å². The van der Waals surface area contributed by atoms with Crippen molar-refractivity contribution in [1.82, 2.24) is 4.57 Å². The molecule has 4 rings (SSSR count). The molecule has 0 aliphatic carbocycles. The SMILES string of the molecule is Cn1/c(=N\S(=O)(=O)c2ccccc2)sc2c3ccccc3ccc21. The van der Waals surface area contributed by atoms with Gasteiger partial charge in [-0.3, -0.25) is 0 Å². The van der Waals surface area contributed by atoms with Gasteiger partial charge in [0.15, 0.2) is 0 Å². The lowest BCUT2D eigenvalue weighted by Crippen LogP contribution is -2.13. The second kappa shape index (κ2) is 5.58. The first kappa shape index (κ1) is 15.1. The van der Waals surface area contributed by atoms with Gasteiger partial charge in [-0.25, -0.2) is 0 Å². The first-order chi connectivity index (χ1) is 11.6. The molecule has 1 heterocycles. The Hall–Kier alpha value is -2.44. The predicted octanol–water partition coefficient (Wildman–Crippen LogP) is 3.68. The highest BCUT2D eigenvalue weighted by atomic mass is 32.2. The van der Waals surface area contributed by atoms with E-state index in [1.165, 1.54) is 11.3 Å². The Morgan fingerprint density at radius 1 is 0.917 bits per heavy atom. The average molecular weight is 354 g/mol. The van der Waals surface area contributed by atoms with Crippen LogP contribution in [-0.2, 0) is 17.1 Å². The molecule has 1 aromatic heterocycles. The van der Waals surface area contributed by atoms with Crippen molar-refractivity contribution >= 4 is 42.3 Å². The Morgan fingerprint density at radius 2 is 1.62 bits per heavy atom.